The summed E-state index contributed by atoms with van der Waals surface area (Å²) in [4.78, 5) is 0. The Bertz CT molecular complexity index is 734. The summed E-state index contributed by atoms with van der Waals surface area (Å²) >= 11 is 0. The molecule has 0 radical (unpaired) electrons. The monoisotopic (exact) mass is 460 g/mol. The minimum absolute atomic E-state index is 0. The summed E-state index contributed by atoms with van der Waals surface area (Å²) in [6.45, 7) is 7.16. The quantitative estimate of drug-likeness (QED) is 0.319. The van der Waals surface area contributed by atoms with Crippen molar-refractivity contribution in [1.82, 2.24) is 0 Å². The maximum atomic E-state index is 8.82. The van der Waals surface area contributed by atoms with Crippen LogP contribution in [0.3, 0.4) is 0 Å². The van der Waals surface area contributed by atoms with Crippen molar-refractivity contribution in [3.63, 3.8) is 0 Å². The van der Waals surface area contributed by atoms with Crippen molar-refractivity contribution < 1.29 is 36.4 Å². The van der Waals surface area contributed by atoms with Crippen LogP contribution in [0.5, 0.6) is 11.5 Å². The molecule has 0 heterocycles. The second-order valence-corrected chi connectivity index (χ2v) is 5.52. The van der Waals surface area contributed by atoms with Gasteiger partial charge in [0.2, 0.25) is 0 Å². The fraction of sp³-hybridized carbons (Fsp3) is 0. The van der Waals surface area contributed by atoms with Crippen LogP contribution in [0, 0.1) is 0 Å². The third kappa shape index (κ3) is 13.9. The van der Waals surface area contributed by atoms with Gasteiger partial charge in [0, 0.05) is 0 Å². The zero-order chi connectivity index (χ0) is 20.5. The molecule has 0 saturated heterocycles. The van der Waals surface area contributed by atoms with E-state index < -0.39 is 0 Å². The van der Waals surface area contributed by atoms with Crippen molar-refractivity contribution in [3.8, 4) is 11.5 Å². The predicted molar refractivity (Wildman–Crippen MR) is 120 cm³/mol. The summed E-state index contributed by atoms with van der Waals surface area (Å²) in [7, 11) is 0. The third-order valence-electron chi connectivity index (χ3n) is 3.37. The molecule has 2 N–H and O–H groups in total. The van der Waals surface area contributed by atoms with E-state index in [0.717, 1.165) is 11.1 Å². The molecule has 4 rings (SSSR count). The standard InChI is InChI=1S/2C8H8O.2C5H5.Zr/c2*1-2-7-3-5-8(9)6-4-7;2*1-2-4-5-3-1;/h2*2-6,9H,1H2;2*1-5H;/q;;2*-1;+2. The number of hydrogen-bond donors (Lipinski definition) is 2. The average Bonchev–Trinajstić information content (AvgIpc) is 3.48. The van der Waals surface area contributed by atoms with Crippen molar-refractivity contribution >= 4 is 12.2 Å². The van der Waals surface area contributed by atoms with E-state index in [0.29, 0.717) is 11.5 Å². The van der Waals surface area contributed by atoms with Gasteiger partial charge in [-0.1, -0.05) is 49.6 Å². The molecule has 0 amide bonds. The Kier molecular flexibility index (Phi) is 15.5. The van der Waals surface area contributed by atoms with Crippen LogP contribution in [0.1, 0.15) is 11.1 Å². The predicted octanol–water partition coefficient (Wildman–Crippen LogP) is 6.88. The first kappa shape index (κ1) is 26.1. The summed E-state index contributed by atoms with van der Waals surface area (Å²) in [6.07, 6.45) is 3.47. The molecule has 0 unspecified atom stereocenters. The van der Waals surface area contributed by atoms with Gasteiger partial charge in [0.05, 0.1) is 0 Å². The van der Waals surface area contributed by atoms with Crippen molar-refractivity contribution in [1.29, 1.82) is 0 Å². The topological polar surface area (TPSA) is 40.5 Å². The zero-order valence-electron chi connectivity index (χ0n) is 16.4. The van der Waals surface area contributed by atoms with Crippen LogP contribution in [-0.2, 0) is 26.2 Å². The van der Waals surface area contributed by atoms with Crippen molar-refractivity contribution in [2.24, 2.45) is 0 Å². The van der Waals surface area contributed by atoms with Crippen LogP contribution in [0.15, 0.2) is 122 Å². The zero-order valence-corrected chi connectivity index (χ0v) is 18.8. The number of phenols is 2. The van der Waals surface area contributed by atoms with E-state index in [9.17, 15) is 0 Å². The number of benzene rings is 2. The molecule has 4 aromatic rings. The van der Waals surface area contributed by atoms with E-state index in [-0.39, 0.29) is 26.2 Å². The second-order valence-electron chi connectivity index (χ2n) is 5.52. The summed E-state index contributed by atoms with van der Waals surface area (Å²) in [6, 6.07) is 33.8. The number of rotatable bonds is 2. The Balaban J connectivity index is 0.000000369. The van der Waals surface area contributed by atoms with E-state index in [1.54, 1.807) is 36.4 Å². The van der Waals surface area contributed by atoms with E-state index in [1.807, 2.05) is 84.9 Å². The van der Waals surface area contributed by atoms with Gasteiger partial charge in [-0.25, -0.2) is 24.3 Å². The Morgan fingerprint density at radius 1 is 0.552 bits per heavy atom. The summed E-state index contributed by atoms with van der Waals surface area (Å²) in [5.41, 5.74) is 2.04. The summed E-state index contributed by atoms with van der Waals surface area (Å²) in [5, 5.41) is 17.6. The van der Waals surface area contributed by atoms with Gasteiger partial charge >= 0.3 is 26.2 Å². The molecule has 0 aromatic heterocycles. The fourth-order valence-electron chi connectivity index (χ4n) is 1.86. The van der Waals surface area contributed by atoms with E-state index in [1.165, 1.54) is 0 Å². The maximum absolute atomic E-state index is 8.82. The molecule has 29 heavy (non-hydrogen) atoms. The second kappa shape index (κ2) is 17.2. The molecule has 0 aliphatic carbocycles. The van der Waals surface area contributed by atoms with Gasteiger partial charge in [0.15, 0.2) is 0 Å². The van der Waals surface area contributed by atoms with Crippen molar-refractivity contribution in [3.05, 3.63) is 133 Å². The van der Waals surface area contributed by atoms with Crippen LogP contribution in [0.4, 0.5) is 0 Å². The minimum Gasteiger partial charge on any atom is -0.508 e. The number of phenolic OH excluding ortho intramolecular Hbond substituents is 2. The van der Waals surface area contributed by atoms with Gasteiger partial charge in [-0.05, 0) is 35.4 Å². The van der Waals surface area contributed by atoms with Crippen LogP contribution in [0.25, 0.3) is 12.2 Å². The molecule has 0 atom stereocenters. The molecule has 2 nitrogen and oxygen atoms in total. The molecule has 0 aliphatic heterocycles. The number of hydrogen-bond acceptors (Lipinski definition) is 2. The van der Waals surface area contributed by atoms with Gasteiger partial charge < -0.3 is 10.2 Å². The van der Waals surface area contributed by atoms with Crippen LogP contribution < -0.4 is 0 Å². The molecule has 4 aromatic carbocycles. The SMILES string of the molecule is C=Cc1ccc(O)cc1.C=Cc1ccc(O)cc1.[Zr+2].c1cc[cH-]c1.c1cc[cH-]c1. The van der Waals surface area contributed by atoms with Crippen LogP contribution >= 0.6 is 0 Å². The minimum atomic E-state index is 0. The molecular weight excluding hydrogens is 436 g/mol. The molecular formula is C26H26O2Zr. The van der Waals surface area contributed by atoms with Gasteiger partial charge in [0.1, 0.15) is 11.5 Å². The van der Waals surface area contributed by atoms with Gasteiger partial charge in [-0.3, -0.25) is 0 Å². The molecule has 0 aliphatic rings. The molecule has 3 heteroatoms. The summed E-state index contributed by atoms with van der Waals surface area (Å²) in [5.74, 6) is 0.584. The first-order valence-corrected chi connectivity index (χ1v) is 8.82. The molecule has 0 fully saturated rings. The Hall–Kier alpha value is -2.90. The molecule has 0 bridgehead atoms. The average molecular weight is 462 g/mol. The number of aromatic hydroxyl groups is 2. The first-order valence-electron chi connectivity index (χ1n) is 8.82. The Morgan fingerprint density at radius 3 is 1.00 bits per heavy atom. The maximum Gasteiger partial charge on any atom is 2.00 e. The largest absolute Gasteiger partial charge is 2.00 e. The van der Waals surface area contributed by atoms with E-state index in [4.69, 9.17) is 10.2 Å². The Morgan fingerprint density at radius 2 is 0.828 bits per heavy atom. The fourth-order valence-corrected chi connectivity index (χ4v) is 1.86. The molecule has 0 saturated carbocycles. The van der Waals surface area contributed by atoms with Crippen molar-refractivity contribution in [2.75, 3.05) is 0 Å². The van der Waals surface area contributed by atoms with Crippen LogP contribution in [0.2, 0.25) is 0 Å². The normalized spacial score (nSPS) is 8.28. The smallest absolute Gasteiger partial charge is 0.508 e. The Labute approximate surface area is 193 Å². The van der Waals surface area contributed by atoms with Gasteiger partial charge in [-0.2, -0.15) is 36.4 Å². The summed E-state index contributed by atoms with van der Waals surface area (Å²) < 4.78 is 0. The molecule has 146 valence electrons. The third-order valence-corrected chi connectivity index (χ3v) is 3.37. The van der Waals surface area contributed by atoms with E-state index >= 15 is 0 Å². The first-order chi connectivity index (χ1) is 13.7. The molecule has 0 spiro atoms. The van der Waals surface area contributed by atoms with Crippen molar-refractivity contribution in [2.45, 2.75) is 0 Å². The van der Waals surface area contributed by atoms with Gasteiger partial charge in [0.25, 0.3) is 0 Å². The van der Waals surface area contributed by atoms with Crippen LogP contribution in [-0.4, -0.2) is 10.2 Å². The van der Waals surface area contributed by atoms with E-state index in [2.05, 4.69) is 13.2 Å². The van der Waals surface area contributed by atoms with Gasteiger partial charge in [-0.15, -0.1) is 0 Å².